The molecule has 0 saturated carbocycles. The summed E-state index contributed by atoms with van der Waals surface area (Å²) in [4.78, 5) is 2.49. The second kappa shape index (κ2) is 7.96. The Morgan fingerprint density at radius 1 is 1.05 bits per heavy atom. The second-order valence-corrected chi connectivity index (χ2v) is 5.66. The molecule has 1 rings (SSSR count). The molecule has 0 N–H and O–H groups in total. The van der Waals surface area contributed by atoms with Gasteiger partial charge in [0.2, 0.25) is 0 Å². The lowest BCUT2D eigenvalue weighted by Gasteiger charge is -2.30. The summed E-state index contributed by atoms with van der Waals surface area (Å²) in [6.07, 6.45) is 2.01. The number of nitriles is 1. The maximum atomic E-state index is 9.30. The minimum Gasteiger partial charge on any atom is -0.299 e. The minimum atomic E-state index is 0.0300. The molecule has 19 heavy (non-hydrogen) atoms. The molecule has 0 radical (unpaired) electrons. The van der Waals surface area contributed by atoms with Crippen molar-refractivity contribution >= 4 is 0 Å². The van der Waals surface area contributed by atoms with Crippen molar-refractivity contribution < 1.29 is 0 Å². The fourth-order valence-electron chi connectivity index (χ4n) is 2.58. The topological polar surface area (TPSA) is 27.0 Å². The van der Waals surface area contributed by atoms with E-state index in [0.717, 1.165) is 24.9 Å². The molecule has 1 aromatic carbocycles. The van der Waals surface area contributed by atoms with Crippen LogP contribution in [0.4, 0.5) is 0 Å². The number of hydrogen-bond acceptors (Lipinski definition) is 2. The van der Waals surface area contributed by atoms with Crippen LogP contribution in [-0.2, 0) is 0 Å². The van der Waals surface area contributed by atoms with Crippen LogP contribution < -0.4 is 0 Å². The Kier molecular flexibility index (Phi) is 6.59. The zero-order chi connectivity index (χ0) is 14.3. The van der Waals surface area contributed by atoms with Crippen LogP contribution in [0.5, 0.6) is 0 Å². The number of benzene rings is 1. The van der Waals surface area contributed by atoms with Gasteiger partial charge in [-0.2, -0.15) is 5.26 Å². The maximum absolute atomic E-state index is 9.30. The Morgan fingerprint density at radius 2 is 1.63 bits per heavy atom. The molecular formula is C17H26N2. The average Bonchev–Trinajstić information content (AvgIpc) is 2.39. The number of hydrogen-bond donors (Lipinski definition) is 0. The molecule has 0 aliphatic heterocycles. The molecule has 2 heteroatoms. The summed E-state index contributed by atoms with van der Waals surface area (Å²) in [7, 11) is 0. The molecule has 0 aliphatic rings. The van der Waals surface area contributed by atoms with Crippen molar-refractivity contribution in [2.24, 2.45) is 0 Å². The van der Waals surface area contributed by atoms with Crippen molar-refractivity contribution in [1.29, 1.82) is 5.26 Å². The third-order valence-corrected chi connectivity index (χ3v) is 3.59. The van der Waals surface area contributed by atoms with Crippen molar-refractivity contribution in [1.82, 2.24) is 4.90 Å². The van der Waals surface area contributed by atoms with Crippen molar-refractivity contribution in [3.05, 3.63) is 35.9 Å². The molecule has 0 heterocycles. The SMILES string of the molecule is CC(C)N(CCCC(C#N)c1ccccc1)C(C)C. The molecule has 1 atom stereocenters. The van der Waals surface area contributed by atoms with Gasteiger partial charge in [-0.3, -0.25) is 4.90 Å². The van der Waals surface area contributed by atoms with E-state index in [0.29, 0.717) is 12.1 Å². The highest BCUT2D eigenvalue weighted by Crippen LogP contribution is 2.20. The monoisotopic (exact) mass is 258 g/mol. The van der Waals surface area contributed by atoms with Crippen molar-refractivity contribution in [3.8, 4) is 6.07 Å². The molecule has 0 spiro atoms. The van der Waals surface area contributed by atoms with Crippen LogP contribution in [-0.4, -0.2) is 23.5 Å². The molecule has 0 saturated heterocycles. The van der Waals surface area contributed by atoms with Gasteiger partial charge in [-0.15, -0.1) is 0 Å². The van der Waals surface area contributed by atoms with Crippen LogP contribution in [0, 0.1) is 11.3 Å². The van der Waals surface area contributed by atoms with Gasteiger partial charge in [-0.1, -0.05) is 30.3 Å². The van der Waals surface area contributed by atoms with E-state index in [1.807, 2.05) is 18.2 Å². The van der Waals surface area contributed by atoms with Gasteiger partial charge in [0.25, 0.3) is 0 Å². The number of rotatable bonds is 7. The standard InChI is InChI=1S/C17H26N2/c1-14(2)19(15(3)4)12-8-11-17(13-18)16-9-6-5-7-10-16/h5-7,9-10,14-15,17H,8,11-12H2,1-4H3. The molecule has 1 unspecified atom stereocenters. The predicted molar refractivity (Wildman–Crippen MR) is 81.0 cm³/mol. The van der Waals surface area contributed by atoms with E-state index < -0.39 is 0 Å². The van der Waals surface area contributed by atoms with Crippen LogP contribution >= 0.6 is 0 Å². The third kappa shape index (κ3) is 5.04. The molecule has 1 aromatic rings. The van der Waals surface area contributed by atoms with Crippen LogP contribution in [0.1, 0.15) is 52.0 Å². The van der Waals surface area contributed by atoms with Crippen LogP contribution in [0.2, 0.25) is 0 Å². The Hall–Kier alpha value is -1.33. The second-order valence-electron chi connectivity index (χ2n) is 5.66. The first-order valence-electron chi connectivity index (χ1n) is 7.26. The number of nitrogens with zero attached hydrogens (tertiary/aromatic N) is 2. The quantitative estimate of drug-likeness (QED) is 0.733. The highest BCUT2D eigenvalue weighted by molar-refractivity contribution is 5.24. The van der Waals surface area contributed by atoms with E-state index in [-0.39, 0.29) is 5.92 Å². The lowest BCUT2D eigenvalue weighted by Crippen LogP contribution is -2.37. The zero-order valence-corrected chi connectivity index (χ0v) is 12.6. The van der Waals surface area contributed by atoms with Gasteiger partial charge in [0.15, 0.2) is 0 Å². The summed E-state index contributed by atoms with van der Waals surface area (Å²) in [6.45, 7) is 10.0. The Morgan fingerprint density at radius 3 is 2.11 bits per heavy atom. The van der Waals surface area contributed by atoms with Gasteiger partial charge in [0, 0.05) is 12.1 Å². The highest BCUT2D eigenvalue weighted by Gasteiger charge is 2.15. The summed E-state index contributed by atoms with van der Waals surface area (Å²) in [5, 5.41) is 9.30. The molecule has 0 amide bonds. The van der Waals surface area contributed by atoms with E-state index in [2.05, 4.69) is 50.8 Å². The summed E-state index contributed by atoms with van der Waals surface area (Å²) in [5.74, 6) is 0.0300. The van der Waals surface area contributed by atoms with Crippen molar-refractivity contribution in [2.75, 3.05) is 6.54 Å². The molecule has 0 fully saturated rings. The van der Waals surface area contributed by atoms with Gasteiger partial charge in [-0.05, 0) is 52.6 Å². The smallest absolute Gasteiger partial charge is 0.0713 e. The van der Waals surface area contributed by atoms with Crippen LogP contribution in [0.15, 0.2) is 30.3 Å². The van der Waals surface area contributed by atoms with E-state index >= 15 is 0 Å². The van der Waals surface area contributed by atoms with E-state index in [9.17, 15) is 5.26 Å². The lowest BCUT2D eigenvalue weighted by molar-refractivity contribution is 0.171. The zero-order valence-electron chi connectivity index (χ0n) is 12.6. The minimum absolute atomic E-state index is 0.0300. The van der Waals surface area contributed by atoms with Gasteiger partial charge in [0.1, 0.15) is 0 Å². The van der Waals surface area contributed by atoms with E-state index in [1.54, 1.807) is 0 Å². The lowest BCUT2D eigenvalue weighted by atomic mass is 9.95. The Balaban J connectivity index is 2.49. The van der Waals surface area contributed by atoms with Gasteiger partial charge in [0.05, 0.1) is 12.0 Å². The molecule has 0 aromatic heterocycles. The van der Waals surface area contributed by atoms with Crippen molar-refractivity contribution in [3.63, 3.8) is 0 Å². The predicted octanol–water partition coefficient (Wildman–Crippen LogP) is 4.19. The summed E-state index contributed by atoms with van der Waals surface area (Å²) in [5.41, 5.74) is 1.14. The van der Waals surface area contributed by atoms with Gasteiger partial charge < -0.3 is 0 Å². The molecule has 0 aliphatic carbocycles. The maximum Gasteiger partial charge on any atom is 0.0713 e. The van der Waals surface area contributed by atoms with Gasteiger partial charge in [-0.25, -0.2) is 0 Å². The molecule has 2 nitrogen and oxygen atoms in total. The summed E-state index contributed by atoms with van der Waals surface area (Å²) < 4.78 is 0. The van der Waals surface area contributed by atoms with Gasteiger partial charge >= 0.3 is 0 Å². The Bertz CT molecular complexity index is 381. The van der Waals surface area contributed by atoms with Crippen LogP contribution in [0.3, 0.4) is 0 Å². The first kappa shape index (κ1) is 15.7. The first-order valence-corrected chi connectivity index (χ1v) is 7.26. The van der Waals surface area contributed by atoms with E-state index in [4.69, 9.17) is 0 Å². The largest absolute Gasteiger partial charge is 0.299 e. The average molecular weight is 258 g/mol. The molecule has 104 valence electrons. The normalized spacial score (nSPS) is 12.9. The third-order valence-electron chi connectivity index (χ3n) is 3.59. The summed E-state index contributed by atoms with van der Waals surface area (Å²) >= 11 is 0. The highest BCUT2D eigenvalue weighted by atomic mass is 15.2. The fraction of sp³-hybridized carbons (Fsp3) is 0.588. The molecular weight excluding hydrogens is 232 g/mol. The molecule has 0 bridgehead atoms. The van der Waals surface area contributed by atoms with Crippen LogP contribution in [0.25, 0.3) is 0 Å². The fourth-order valence-corrected chi connectivity index (χ4v) is 2.58. The van der Waals surface area contributed by atoms with E-state index in [1.165, 1.54) is 0 Å². The van der Waals surface area contributed by atoms with Crippen molar-refractivity contribution in [2.45, 2.75) is 58.5 Å². The first-order chi connectivity index (χ1) is 9.06. The Labute approximate surface area is 118 Å². The summed E-state index contributed by atoms with van der Waals surface area (Å²) in [6, 6.07) is 13.7.